The fourth-order valence-electron chi connectivity index (χ4n) is 4.22. The average Bonchev–Trinajstić information content (AvgIpc) is 3.29. The molecule has 0 spiro atoms. The van der Waals surface area contributed by atoms with Crippen molar-refractivity contribution in [1.29, 1.82) is 0 Å². The molecule has 0 radical (unpaired) electrons. The van der Waals surface area contributed by atoms with Gasteiger partial charge in [0.1, 0.15) is 0 Å². The van der Waals surface area contributed by atoms with Gasteiger partial charge in [0.15, 0.2) is 0 Å². The number of aromatic nitrogens is 2. The summed E-state index contributed by atoms with van der Waals surface area (Å²) in [7, 11) is -0.564. The molecule has 0 aliphatic heterocycles. The first-order chi connectivity index (χ1) is 15.3. The molecule has 0 unspecified atom stereocenters. The molecule has 176 valence electrons. The monoisotopic (exact) mass is 464 g/mol. The van der Waals surface area contributed by atoms with Gasteiger partial charge in [0.05, 0.1) is 4.90 Å². The lowest BCUT2D eigenvalue weighted by Crippen LogP contribution is -2.22. The SMILES string of the molecule is CN(C)S(=O)(=O)c1ccc(-c2noc([C@H](CCCC3CCCCC3)CC(=O)NO)n2)cc1. The Hall–Kier alpha value is -2.30. The number of nitrogens with one attached hydrogen (secondary N) is 1. The largest absolute Gasteiger partial charge is 0.339 e. The molecule has 2 aromatic rings. The molecular formula is C22H32N4O5S. The molecular weight excluding hydrogens is 432 g/mol. The molecule has 3 rings (SSSR count). The number of sulfonamides is 1. The summed E-state index contributed by atoms with van der Waals surface area (Å²) in [5.41, 5.74) is 2.30. The van der Waals surface area contributed by atoms with Gasteiger partial charge in [-0.25, -0.2) is 18.2 Å². The number of benzene rings is 1. The second-order valence-corrected chi connectivity index (χ2v) is 10.8. The first-order valence-electron chi connectivity index (χ1n) is 11.1. The average molecular weight is 465 g/mol. The van der Waals surface area contributed by atoms with Gasteiger partial charge in [0, 0.05) is 32.0 Å². The lowest BCUT2D eigenvalue weighted by Gasteiger charge is -2.22. The molecule has 1 heterocycles. The molecule has 1 aliphatic rings. The van der Waals surface area contributed by atoms with Gasteiger partial charge in [-0.3, -0.25) is 10.0 Å². The van der Waals surface area contributed by atoms with E-state index in [-0.39, 0.29) is 17.2 Å². The van der Waals surface area contributed by atoms with Crippen LogP contribution in [0.1, 0.15) is 69.6 Å². The van der Waals surface area contributed by atoms with Gasteiger partial charge in [-0.05, 0) is 36.6 Å². The second kappa shape index (κ2) is 11.0. The number of carbonyl (C=O) groups is 1. The lowest BCUT2D eigenvalue weighted by atomic mass is 9.84. The Morgan fingerprint density at radius 2 is 1.91 bits per heavy atom. The Morgan fingerprint density at radius 1 is 1.22 bits per heavy atom. The van der Waals surface area contributed by atoms with Crippen molar-refractivity contribution >= 4 is 15.9 Å². The van der Waals surface area contributed by atoms with Crippen LogP contribution in [-0.2, 0) is 14.8 Å². The van der Waals surface area contributed by atoms with Gasteiger partial charge in [0.25, 0.3) is 0 Å². The molecule has 1 amide bonds. The summed E-state index contributed by atoms with van der Waals surface area (Å²) in [5.74, 6) is 0.630. The van der Waals surface area contributed by atoms with Gasteiger partial charge in [-0.1, -0.05) is 50.1 Å². The minimum absolute atomic E-state index is 0.0583. The molecule has 1 aliphatic carbocycles. The van der Waals surface area contributed by atoms with Gasteiger partial charge in [-0.15, -0.1) is 0 Å². The Morgan fingerprint density at radius 3 is 2.53 bits per heavy atom. The summed E-state index contributed by atoms with van der Waals surface area (Å²) in [5, 5.41) is 13.0. The lowest BCUT2D eigenvalue weighted by molar-refractivity contribution is -0.129. The minimum atomic E-state index is -3.52. The molecule has 1 aromatic carbocycles. The standard InChI is InChI=1S/C22H32N4O5S/c1-26(2)32(29,30)19-13-11-17(12-14-19)21-23-22(31-25-21)18(15-20(27)24-28)10-6-9-16-7-4-3-5-8-16/h11-14,16,18,28H,3-10,15H2,1-2H3,(H,24,27)/t18-/m1/s1. The third-order valence-corrected chi connectivity index (χ3v) is 7.96. The van der Waals surface area contributed by atoms with E-state index in [0.29, 0.717) is 23.7 Å². The van der Waals surface area contributed by atoms with E-state index in [1.807, 2.05) is 0 Å². The van der Waals surface area contributed by atoms with E-state index in [0.717, 1.165) is 23.1 Å². The summed E-state index contributed by atoms with van der Waals surface area (Å²) in [6.07, 6.45) is 9.28. The molecule has 10 heteroatoms. The van der Waals surface area contributed by atoms with Crippen LogP contribution in [0.15, 0.2) is 33.7 Å². The summed E-state index contributed by atoms with van der Waals surface area (Å²) < 4.78 is 31.1. The highest BCUT2D eigenvalue weighted by Crippen LogP contribution is 2.32. The van der Waals surface area contributed by atoms with Crippen LogP contribution in [0.4, 0.5) is 0 Å². The van der Waals surface area contributed by atoms with Crippen LogP contribution < -0.4 is 5.48 Å². The van der Waals surface area contributed by atoms with Gasteiger partial charge < -0.3 is 4.52 Å². The Balaban J connectivity index is 1.70. The topological polar surface area (TPSA) is 126 Å². The van der Waals surface area contributed by atoms with Crippen LogP contribution in [0.2, 0.25) is 0 Å². The van der Waals surface area contributed by atoms with Crippen LogP contribution in [0, 0.1) is 5.92 Å². The maximum atomic E-state index is 12.2. The Labute approximate surface area is 189 Å². The summed E-state index contributed by atoms with van der Waals surface area (Å²) in [6, 6.07) is 6.26. The number of rotatable bonds is 10. The fourth-order valence-corrected chi connectivity index (χ4v) is 5.12. The Kier molecular flexibility index (Phi) is 8.38. The number of amides is 1. The van der Waals surface area contributed by atoms with E-state index in [9.17, 15) is 13.2 Å². The Bertz CT molecular complexity index is 982. The van der Waals surface area contributed by atoms with Crippen LogP contribution in [0.25, 0.3) is 11.4 Å². The van der Waals surface area contributed by atoms with Crippen molar-refractivity contribution in [3.8, 4) is 11.4 Å². The normalized spacial score (nSPS) is 16.2. The summed E-state index contributed by atoms with van der Waals surface area (Å²) in [4.78, 5) is 16.4. The number of nitrogens with zero attached hydrogens (tertiary/aromatic N) is 3. The van der Waals surface area contributed by atoms with Gasteiger partial charge in [-0.2, -0.15) is 4.98 Å². The van der Waals surface area contributed by atoms with Crippen molar-refractivity contribution in [2.45, 2.75) is 68.6 Å². The van der Waals surface area contributed by atoms with Gasteiger partial charge >= 0.3 is 0 Å². The van der Waals surface area contributed by atoms with E-state index in [4.69, 9.17) is 9.73 Å². The predicted molar refractivity (Wildman–Crippen MR) is 118 cm³/mol. The smallest absolute Gasteiger partial charge is 0.244 e. The molecule has 1 saturated carbocycles. The summed E-state index contributed by atoms with van der Waals surface area (Å²) >= 11 is 0. The number of hydroxylamine groups is 1. The van der Waals surface area contributed by atoms with Crippen LogP contribution in [0.3, 0.4) is 0 Å². The third-order valence-electron chi connectivity index (χ3n) is 6.13. The van der Waals surface area contributed by atoms with Crippen molar-refractivity contribution in [3.05, 3.63) is 30.2 Å². The molecule has 0 saturated heterocycles. The number of hydrogen-bond donors (Lipinski definition) is 2. The third kappa shape index (κ3) is 6.14. The number of hydrogen-bond acceptors (Lipinski definition) is 7. The zero-order valence-corrected chi connectivity index (χ0v) is 19.5. The molecule has 1 fully saturated rings. The maximum Gasteiger partial charge on any atom is 0.244 e. The zero-order valence-electron chi connectivity index (χ0n) is 18.7. The van der Waals surface area contributed by atoms with Crippen molar-refractivity contribution in [3.63, 3.8) is 0 Å². The van der Waals surface area contributed by atoms with Crippen molar-refractivity contribution in [1.82, 2.24) is 19.9 Å². The quantitative estimate of drug-likeness (QED) is 0.405. The first kappa shape index (κ1) is 24.3. The van der Waals surface area contributed by atoms with E-state index < -0.39 is 15.9 Å². The zero-order chi connectivity index (χ0) is 23.1. The van der Waals surface area contributed by atoms with Crippen molar-refractivity contribution in [2.24, 2.45) is 5.92 Å². The maximum absolute atomic E-state index is 12.2. The van der Waals surface area contributed by atoms with Gasteiger partial charge in [0.2, 0.25) is 27.6 Å². The summed E-state index contributed by atoms with van der Waals surface area (Å²) in [6.45, 7) is 0. The highest BCUT2D eigenvalue weighted by molar-refractivity contribution is 7.89. The molecule has 2 N–H and O–H groups in total. The molecule has 32 heavy (non-hydrogen) atoms. The molecule has 1 aromatic heterocycles. The predicted octanol–water partition coefficient (Wildman–Crippen LogP) is 3.72. The number of carbonyl (C=O) groups excluding carboxylic acids is 1. The minimum Gasteiger partial charge on any atom is -0.339 e. The highest BCUT2D eigenvalue weighted by atomic mass is 32.2. The molecule has 1 atom stereocenters. The molecule has 0 bridgehead atoms. The first-order valence-corrected chi connectivity index (χ1v) is 12.5. The van der Waals surface area contributed by atoms with E-state index in [1.165, 1.54) is 58.3 Å². The van der Waals surface area contributed by atoms with Crippen LogP contribution in [0.5, 0.6) is 0 Å². The van der Waals surface area contributed by atoms with Crippen LogP contribution >= 0.6 is 0 Å². The van der Waals surface area contributed by atoms with E-state index in [2.05, 4.69) is 10.1 Å². The highest BCUT2D eigenvalue weighted by Gasteiger charge is 2.24. The van der Waals surface area contributed by atoms with Crippen molar-refractivity contribution < 1.29 is 22.9 Å². The van der Waals surface area contributed by atoms with E-state index >= 15 is 0 Å². The molecule has 9 nitrogen and oxygen atoms in total. The second-order valence-electron chi connectivity index (χ2n) is 8.64. The van der Waals surface area contributed by atoms with Crippen molar-refractivity contribution in [2.75, 3.05) is 14.1 Å². The van der Waals surface area contributed by atoms with E-state index in [1.54, 1.807) is 17.6 Å². The fraction of sp³-hybridized carbons (Fsp3) is 0.591. The van der Waals surface area contributed by atoms with Crippen LogP contribution in [-0.4, -0.2) is 48.1 Å².